The van der Waals surface area contributed by atoms with Crippen molar-refractivity contribution in [1.29, 1.82) is 0 Å². The van der Waals surface area contributed by atoms with E-state index in [1.54, 1.807) is 36.5 Å². The highest BCUT2D eigenvalue weighted by Crippen LogP contribution is 2.20. The van der Waals surface area contributed by atoms with Gasteiger partial charge in [-0.25, -0.2) is 0 Å². The predicted molar refractivity (Wildman–Crippen MR) is 70.1 cm³/mol. The average Bonchev–Trinajstić information content (AvgIpc) is 2.80. The van der Waals surface area contributed by atoms with E-state index in [0.29, 0.717) is 6.54 Å². The van der Waals surface area contributed by atoms with E-state index >= 15 is 0 Å². The van der Waals surface area contributed by atoms with Crippen LogP contribution in [0.25, 0.3) is 0 Å². The monoisotopic (exact) mass is 264 g/mol. The number of aromatic nitrogens is 2. The van der Waals surface area contributed by atoms with Crippen LogP contribution in [0, 0.1) is 0 Å². The average molecular weight is 264 g/mol. The van der Waals surface area contributed by atoms with Crippen molar-refractivity contribution in [2.45, 2.75) is 52.4 Å². The molecule has 0 aliphatic carbocycles. The Morgan fingerprint density at radius 1 is 1.42 bits per heavy atom. The molecule has 0 aromatic carbocycles. The normalized spacial score (nSPS) is 22.5. The quantitative estimate of drug-likeness (QED) is 0.866. The maximum absolute atomic E-state index is 12.4. The van der Waals surface area contributed by atoms with Crippen LogP contribution in [-0.4, -0.2) is 38.1 Å². The number of hydrogen-bond donors (Lipinski definition) is 1. The zero-order chi connectivity index (χ0) is 14.2. The van der Waals surface area contributed by atoms with Gasteiger partial charge in [-0.2, -0.15) is 5.10 Å². The van der Waals surface area contributed by atoms with Crippen LogP contribution in [0.15, 0.2) is 12.4 Å². The van der Waals surface area contributed by atoms with E-state index in [4.69, 9.17) is 0 Å². The minimum atomic E-state index is -0.843. The number of hydrogen-bond acceptors (Lipinski definition) is 3. The molecule has 1 saturated heterocycles. The van der Waals surface area contributed by atoms with Gasteiger partial charge in [-0.15, -0.1) is 0 Å². The highest BCUT2D eigenvalue weighted by Gasteiger charge is 2.43. The topological polar surface area (TPSA) is 67.2 Å². The first kappa shape index (κ1) is 13.6. The molecular formula is C13H20N4O2. The van der Waals surface area contributed by atoms with Crippen molar-refractivity contribution >= 4 is 11.8 Å². The smallest absolute Gasteiger partial charge is 0.248 e. The van der Waals surface area contributed by atoms with Crippen LogP contribution in [0.4, 0.5) is 0 Å². The van der Waals surface area contributed by atoms with Crippen LogP contribution < -0.4 is 5.32 Å². The van der Waals surface area contributed by atoms with Crippen LogP contribution in [0.2, 0.25) is 0 Å². The molecule has 0 bridgehead atoms. The second-order valence-electron chi connectivity index (χ2n) is 5.43. The fourth-order valence-corrected chi connectivity index (χ4v) is 2.21. The van der Waals surface area contributed by atoms with E-state index in [1.165, 1.54) is 0 Å². The van der Waals surface area contributed by atoms with Gasteiger partial charge in [-0.05, 0) is 27.7 Å². The number of aryl methyl sites for hydroxylation is 1. The van der Waals surface area contributed by atoms with E-state index in [-0.39, 0.29) is 11.8 Å². The molecule has 6 nitrogen and oxygen atoms in total. The SMILES string of the molecule is CCn1cc(CN2C(=O)C(C)(C)NC(=O)C2C)cn1. The van der Waals surface area contributed by atoms with Gasteiger partial charge in [0.15, 0.2) is 0 Å². The number of carbonyl (C=O) groups excluding carboxylic acids is 2. The number of nitrogens with zero attached hydrogens (tertiary/aromatic N) is 3. The lowest BCUT2D eigenvalue weighted by atomic mass is 9.97. The van der Waals surface area contributed by atoms with Crippen LogP contribution in [-0.2, 0) is 22.7 Å². The highest BCUT2D eigenvalue weighted by molar-refractivity contribution is 5.99. The molecule has 19 heavy (non-hydrogen) atoms. The minimum Gasteiger partial charge on any atom is -0.340 e. The summed E-state index contributed by atoms with van der Waals surface area (Å²) in [5.41, 5.74) is 0.0946. The molecule has 1 N–H and O–H groups in total. The van der Waals surface area contributed by atoms with Gasteiger partial charge in [0, 0.05) is 24.8 Å². The first-order valence-corrected chi connectivity index (χ1v) is 6.49. The van der Waals surface area contributed by atoms with Gasteiger partial charge < -0.3 is 10.2 Å². The molecule has 1 aromatic rings. The minimum absolute atomic E-state index is 0.0659. The third-order valence-corrected chi connectivity index (χ3v) is 3.44. The number of carbonyl (C=O) groups is 2. The van der Waals surface area contributed by atoms with Crippen molar-refractivity contribution in [1.82, 2.24) is 20.0 Å². The maximum atomic E-state index is 12.4. The lowest BCUT2D eigenvalue weighted by Crippen LogP contribution is -2.66. The zero-order valence-electron chi connectivity index (χ0n) is 11.8. The second-order valence-corrected chi connectivity index (χ2v) is 5.43. The molecule has 2 amide bonds. The van der Waals surface area contributed by atoms with Crippen LogP contribution in [0.1, 0.15) is 33.3 Å². The van der Waals surface area contributed by atoms with E-state index in [1.807, 2.05) is 13.1 Å². The first-order chi connectivity index (χ1) is 8.85. The molecule has 1 unspecified atom stereocenters. The molecule has 1 aromatic heterocycles. The molecule has 0 spiro atoms. The summed E-state index contributed by atoms with van der Waals surface area (Å²) in [6.45, 7) is 8.39. The molecule has 1 fully saturated rings. The van der Waals surface area contributed by atoms with Gasteiger partial charge in [0.05, 0.1) is 6.20 Å². The first-order valence-electron chi connectivity index (χ1n) is 6.49. The number of nitrogens with one attached hydrogen (secondary N) is 1. The highest BCUT2D eigenvalue weighted by atomic mass is 16.2. The van der Waals surface area contributed by atoms with E-state index in [9.17, 15) is 9.59 Å². The van der Waals surface area contributed by atoms with Gasteiger partial charge in [-0.3, -0.25) is 14.3 Å². The van der Waals surface area contributed by atoms with Gasteiger partial charge in [0.25, 0.3) is 0 Å². The summed E-state index contributed by atoms with van der Waals surface area (Å²) in [5.74, 6) is -0.184. The van der Waals surface area contributed by atoms with Gasteiger partial charge >= 0.3 is 0 Å². The van der Waals surface area contributed by atoms with E-state index in [2.05, 4.69) is 10.4 Å². The van der Waals surface area contributed by atoms with Gasteiger partial charge in [-0.1, -0.05) is 0 Å². The Kier molecular flexibility index (Phi) is 3.34. The molecule has 1 atom stereocenters. The Morgan fingerprint density at radius 2 is 2.11 bits per heavy atom. The number of amides is 2. The third-order valence-electron chi connectivity index (χ3n) is 3.44. The molecule has 0 saturated carbocycles. The summed E-state index contributed by atoms with van der Waals surface area (Å²) in [7, 11) is 0. The predicted octanol–water partition coefficient (Wildman–Crippen LogP) is 0.528. The summed E-state index contributed by atoms with van der Waals surface area (Å²) >= 11 is 0. The molecule has 2 rings (SSSR count). The van der Waals surface area contributed by atoms with Crippen molar-refractivity contribution in [3.05, 3.63) is 18.0 Å². The Labute approximate surface area is 112 Å². The Hall–Kier alpha value is -1.85. The summed E-state index contributed by atoms with van der Waals surface area (Å²) in [6.07, 6.45) is 3.64. The summed E-state index contributed by atoms with van der Waals surface area (Å²) < 4.78 is 1.81. The summed E-state index contributed by atoms with van der Waals surface area (Å²) in [6, 6.07) is -0.453. The molecule has 1 aliphatic heterocycles. The zero-order valence-corrected chi connectivity index (χ0v) is 11.8. The van der Waals surface area contributed by atoms with Crippen molar-refractivity contribution in [3.8, 4) is 0 Å². The van der Waals surface area contributed by atoms with Crippen LogP contribution in [0.3, 0.4) is 0 Å². The number of rotatable bonds is 3. The van der Waals surface area contributed by atoms with Gasteiger partial charge in [0.1, 0.15) is 11.6 Å². The van der Waals surface area contributed by atoms with Crippen LogP contribution >= 0.6 is 0 Å². The molecular weight excluding hydrogens is 244 g/mol. The van der Waals surface area contributed by atoms with Crippen molar-refractivity contribution in [2.75, 3.05) is 0 Å². The Bertz CT molecular complexity index is 506. The summed E-state index contributed by atoms with van der Waals surface area (Å²) in [4.78, 5) is 25.9. The Balaban J connectivity index is 2.21. The van der Waals surface area contributed by atoms with Crippen molar-refractivity contribution in [2.24, 2.45) is 0 Å². The van der Waals surface area contributed by atoms with Crippen LogP contribution in [0.5, 0.6) is 0 Å². The van der Waals surface area contributed by atoms with Gasteiger partial charge in [0.2, 0.25) is 11.8 Å². The molecule has 1 aliphatic rings. The Morgan fingerprint density at radius 3 is 2.68 bits per heavy atom. The van der Waals surface area contributed by atoms with E-state index < -0.39 is 11.6 Å². The third kappa shape index (κ3) is 2.47. The number of piperazine rings is 1. The standard InChI is InChI=1S/C13H20N4O2/c1-5-16-7-10(6-14-16)8-17-9(2)11(18)15-13(3,4)12(17)19/h6-7,9H,5,8H2,1-4H3,(H,15,18). The summed E-state index contributed by atoms with van der Waals surface area (Å²) in [5, 5.41) is 6.92. The molecule has 0 radical (unpaired) electrons. The lowest BCUT2D eigenvalue weighted by Gasteiger charge is -2.41. The largest absolute Gasteiger partial charge is 0.340 e. The molecule has 104 valence electrons. The van der Waals surface area contributed by atoms with E-state index in [0.717, 1.165) is 12.1 Å². The van der Waals surface area contributed by atoms with Crippen molar-refractivity contribution in [3.63, 3.8) is 0 Å². The molecule has 2 heterocycles. The fourth-order valence-electron chi connectivity index (χ4n) is 2.21. The van der Waals surface area contributed by atoms with Crippen molar-refractivity contribution < 1.29 is 9.59 Å². The fraction of sp³-hybridized carbons (Fsp3) is 0.615. The second kappa shape index (κ2) is 4.68. The molecule has 6 heteroatoms. The maximum Gasteiger partial charge on any atom is 0.248 e. The lowest BCUT2D eigenvalue weighted by molar-refractivity contribution is -0.153.